The average Bonchev–Trinajstić information content (AvgIpc) is 2.64. The van der Waals surface area contributed by atoms with Gasteiger partial charge in [-0.3, -0.25) is 4.79 Å². The van der Waals surface area contributed by atoms with Crippen molar-refractivity contribution in [1.29, 1.82) is 0 Å². The first-order chi connectivity index (χ1) is 12.6. The molecule has 0 radical (unpaired) electrons. The molecule has 3 atom stereocenters. The lowest BCUT2D eigenvalue weighted by atomic mass is 9.77. The van der Waals surface area contributed by atoms with E-state index in [-0.39, 0.29) is 18.0 Å². The minimum atomic E-state index is -0.0712. The first-order valence-corrected chi connectivity index (χ1v) is 9.72. The number of rotatable bonds is 5. The minimum absolute atomic E-state index is 0.0712. The highest BCUT2D eigenvalue weighted by molar-refractivity contribution is 6.33. The maximum Gasteiger partial charge on any atom is 0.253 e. The Balaban J connectivity index is 1.83. The van der Waals surface area contributed by atoms with E-state index in [9.17, 15) is 4.79 Å². The summed E-state index contributed by atoms with van der Waals surface area (Å²) < 4.78 is 0. The van der Waals surface area contributed by atoms with Gasteiger partial charge in [0.05, 0.1) is 10.6 Å². The van der Waals surface area contributed by atoms with Gasteiger partial charge in [-0.25, -0.2) is 0 Å². The summed E-state index contributed by atoms with van der Waals surface area (Å²) in [6, 6.07) is 18.3. The maximum absolute atomic E-state index is 12.8. The molecule has 26 heavy (non-hydrogen) atoms. The summed E-state index contributed by atoms with van der Waals surface area (Å²) >= 11 is 6.21. The molecule has 1 saturated carbocycles. The molecule has 0 heterocycles. The van der Waals surface area contributed by atoms with Crippen molar-refractivity contribution in [3.05, 3.63) is 70.7 Å². The molecule has 1 aliphatic carbocycles. The van der Waals surface area contributed by atoms with Gasteiger partial charge in [-0.15, -0.1) is 0 Å². The highest BCUT2D eigenvalue weighted by Gasteiger charge is 2.35. The Morgan fingerprint density at radius 1 is 1.04 bits per heavy atom. The van der Waals surface area contributed by atoms with E-state index in [0.29, 0.717) is 16.5 Å². The molecule has 1 N–H and O–H groups in total. The predicted octanol–water partition coefficient (Wildman–Crippen LogP) is 4.93. The van der Waals surface area contributed by atoms with Gasteiger partial charge in [-0.05, 0) is 50.6 Å². The molecule has 0 saturated heterocycles. The van der Waals surface area contributed by atoms with Crippen molar-refractivity contribution in [2.75, 3.05) is 14.1 Å². The smallest absolute Gasteiger partial charge is 0.253 e. The number of amides is 1. The van der Waals surface area contributed by atoms with Crippen LogP contribution in [0.3, 0.4) is 0 Å². The molecule has 3 nitrogen and oxygen atoms in total. The molecule has 1 fully saturated rings. The Kier molecular flexibility index (Phi) is 6.33. The van der Waals surface area contributed by atoms with Crippen LogP contribution in [0.25, 0.3) is 0 Å². The monoisotopic (exact) mass is 370 g/mol. The second kappa shape index (κ2) is 8.70. The van der Waals surface area contributed by atoms with E-state index < -0.39 is 0 Å². The average molecular weight is 371 g/mol. The van der Waals surface area contributed by atoms with Crippen molar-refractivity contribution in [3.8, 4) is 0 Å². The van der Waals surface area contributed by atoms with Crippen molar-refractivity contribution in [3.63, 3.8) is 0 Å². The van der Waals surface area contributed by atoms with Gasteiger partial charge in [-0.1, -0.05) is 66.9 Å². The van der Waals surface area contributed by atoms with Crippen LogP contribution in [0.2, 0.25) is 5.02 Å². The zero-order valence-corrected chi connectivity index (χ0v) is 16.2. The van der Waals surface area contributed by atoms with Crippen LogP contribution in [-0.2, 0) is 0 Å². The van der Waals surface area contributed by atoms with Crippen molar-refractivity contribution in [2.24, 2.45) is 5.92 Å². The van der Waals surface area contributed by atoms with Gasteiger partial charge >= 0.3 is 0 Å². The van der Waals surface area contributed by atoms with E-state index in [1.54, 1.807) is 12.1 Å². The first kappa shape index (κ1) is 18.9. The van der Waals surface area contributed by atoms with Gasteiger partial charge in [0.1, 0.15) is 0 Å². The first-order valence-electron chi connectivity index (χ1n) is 9.34. The van der Waals surface area contributed by atoms with Crippen molar-refractivity contribution < 1.29 is 4.79 Å². The Hall–Kier alpha value is -1.84. The number of carbonyl (C=O) groups is 1. The van der Waals surface area contributed by atoms with Crippen molar-refractivity contribution >= 4 is 17.5 Å². The third-order valence-corrected chi connectivity index (χ3v) is 5.69. The summed E-state index contributed by atoms with van der Waals surface area (Å²) in [7, 11) is 4.25. The maximum atomic E-state index is 12.8. The fraction of sp³-hybridized carbons (Fsp3) is 0.409. The fourth-order valence-electron chi connectivity index (χ4n) is 4.19. The van der Waals surface area contributed by atoms with Gasteiger partial charge < -0.3 is 10.2 Å². The third-order valence-electron chi connectivity index (χ3n) is 5.36. The standard InChI is InChI=1S/C22H27ClN2O/c1-25(2)21(16-10-4-3-5-11-16)18-13-7-9-15-20(18)24-22(26)17-12-6-8-14-19(17)23/h3-6,8,10-12,14,18,20-21H,7,9,13,15H2,1-2H3,(H,24,26). The lowest BCUT2D eigenvalue weighted by Gasteiger charge is -2.41. The van der Waals surface area contributed by atoms with Gasteiger partial charge in [-0.2, -0.15) is 0 Å². The summed E-state index contributed by atoms with van der Waals surface area (Å²) in [5.41, 5.74) is 1.86. The van der Waals surface area contributed by atoms with Crippen molar-refractivity contribution in [1.82, 2.24) is 10.2 Å². The van der Waals surface area contributed by atoms with E-state index in [4.69, 9.17) is 11.6 Å². The molecule has 3 rings (SSSR count). The Labute approximate surface area is 161 Å². The molecule has 138 valence electrons. The lowest BCUT2D eigenvalue weighted by molar-refractivity contribution is 0.0845. The van der Waals surface area contributed by atoms with Crippen LogP contribution in [0.1, 0.15) is 47.6 Å². The second-order valence-corrected chi connectivity index (χ2v) is 7.73. The molecule has 4 heteroatoms. The second-order valence-electron chi connectivity index (χ2n) is 7.33. The molecule has 2 aromatic rings. The summed E-state index contributed by atoms with van der Waals surface area (Å²) in [4.78, 5) is 15.1. The molecule has 3 unspecified atom stereocenters. The van der Waals surface area contributed by atoms with Crippen LogP contribution in [-0.4, -0.2) is 30.9 Å². The zero-order valence-electron chi connectivity index (χ0n) is 15.5. The van der Waals surface area contributed by atoms with Gasteiger partial charge in [0.25, 0.3) is 5.91 Å². The van der Waals surface area contributed by atoms with Crippen LogP contribution >= 0.6 is 11.6 Å². The molecular formula is C22H27ClN2O. The fourth-order valence-corrected chi connectivity index (χ4v) is 4.41. The molecule has 0 bridgehead atoms. The normalized spacial score (nSPS) is 21.4. The van der Waals surface area contributed by atoms with E-state index >= 15 is 0 Å². The van der Waals surface area contributed by atoms with Crippen LogP contribution in [0, 0.1) is 5.92 Å². The van der Waals surface area contributed by atoms with Crippen LogP contribution < -0.4 is 5.32 Å². The molecule has 0 aliphatic heterocycles. The van der Waals surface area contributed by atoms with E-state index in [0.717, 1.165) is 19.3 Å². The number of hydrogen-bond acceptors (Lipinski definition) is 2. The summed E-state index contributed by atoms with van der Waals surface area (Å²) in [6.07, 6.45) is 4.49. The molecule has 1 aliphatic rings. The van der Waals surface area contributed by atoms with E-state index in [1.165, 1.54) is 12.0 Å². The number of hydrogen-bond donors (Lipinski definition) is 1. The number of halogens is 1. The van der Waals surface area contributed by atoms with Gasteiger partial charge in [0.15, 0.2) is 0 Å². The minimum Gasteiger partial charge on any atom is -0.349 e. The van der Waals surface area contributed by atoms with Crippen LogP contribution in [0.15, 0.2) is 54.6 Å². The summed E-state index contributed by atoms with van der Waals surface area (Å²) in [6.45, 7) is 0. The Bertz CT molecular complexity index is 732. The molecule has 1 amide bonds. The molecular weight excluding hydrogens is 344 g/mol. The largest absolute Gasteiger partial charge is 0.349 e. The molecule has 0 aromatic heterocycles. The number of carbonyl (C=O) groups excluding carboxylic acids is 1. The summed E-state index contributed by atoms with van der Waals surface area (Å²) in [5, 5.41) is 3.79. The van der Waals surface area contributed by atoms with Crippen LogP contribution in [0.5, 0.6) is 0 Å². The quantitative estimate of drug-likeness (QED) is 0.809. The Morgan fingerprint density at radius 2 is 1.69 bits per heavy atom. The van der Waals surface area contributed by atoms with E-state index in [2.05, 4.69) is 48.6 Å². The lowest BCUT2D eigenvalue weighted by Crippen LogP contribution is -2.46. The van der Waals surface area contributed by atoms with Crippen molar-refractivity contribution in [2.45, 2.75) is 37.8 Å². The van der Waals surface area contributed by atoms with E-state index in [1.807, 2.05) is 18.2 Å². The molecule has 2 aromatic carbocycles. The molecule has 0 spiro atoms. The third kappa shape index (κ3) is 4.28. The highest BCUT2D eigenvalue weighted by atomic mass is 35.5. The zero-order chi connectivity index (χ0) is 18.5. The topological polar surface area (TPSA) is 32.3 Å². The summed E-state index contributed by atoms with van der Waals surface area (Å²) in [5.74, 6) is 0.311. The van der Waals surface area contributed by atoms with Gasteiger partial charge in [0, 0.05) is 12.1 Å². The number of nitrogens with one attached hydrogen (secondary N) is 1. The van der Waals surface area contributed by atoms with Gasteiger partial charge in [0.2, 0.25) is 0 Å². The highest BCUT2D eigenvalue weighted by Crippen LogP contribution is 2.37. The Morgan fingerprint density at radius 3 is 2.38 bits per heavy atom. The van der Waals surface area contributed by atoms with Crippen LogP contribution in [0.4, 0.5) is 0 Å². The predicted molar refractivity (Wildman–Crippen MR) is 108 cm³/mol. The number of nitrogens with zero attached hydrogens (tertiary/aromatic N) is 1. The SMILES string of the molecule is CN(C)C(c1ccccc1)C1CCCCC1NC(=O)c1ccccc1Cl. The number of benzene rings is 2.